The van der Waals surface area contributed by atoms with Crippen LogP contribution in [0.3, 0.4) is 0 Å². The predicted molar refractivity (Wildman–Crippen MR) is 132 cm³/mol. The van der Waals surface area contributed by atoms with Crippen LogP contribution in [0.4, 0.5) is 10.8 Å². The molecule has 0 unspecified atom stereocenters. The number of aromatic nitrogens is 1. The van der Waals surface area contributed by atoms with E-state index in [1.165, 1.54) is 11.3 Å². The lowest BCUT2D eigenvalue weighted by Crippen LogP contribution is -2.49. The van der Waals surface area contributed by atoms with E-state index in [9.17, 15) is 14.4 Å². The van der Waals surface area contributed by atoms with E-state index < -0.39 is 0 Å². The zero-order chi connectivity index (χ0) is 24.1. The molecule has 0 saturated carbocycles. The Morgan fingerprint density at radius 1 is 0.971 bits per heavy atom. The van der Waals surface area contributed by atoms with Gasteiger partial charge in [0.2, 0.25) is 5.91 Å². The van der Waals surface area contributed by atoms with Crippen LogP contribution < -0.4 is 15.0 Å². The molecule has 2 amide bonds. The van der Waals surface area contributed by atoms with Crippen LogP contribution in [-0.4, -0.2) is 60.8 Å². The Morgan fingerprint density at radius 3 is 2.24 bits per heavy atom. The second-order valence-electron chi connectivity index (χ2n) is 7.97. The van der Waals surface area contributed by atoms with Gasteiger partial charge in [-0.1, -0.05) is 0 Å². The zero-order valence-electron chi connectivity index (χ0n) is 19.1. The number of benzene rings is 2. The van der Waals surface area contributed by atoms with Crippen LogP contribution in [0.1, 0.15) is 33.3 Å². The van der Waals surface area contributed by atoms with Gasteiger partial charge in [0.05, 0.1) is 19.2 Å². The number of hydrogen-bond acceptors (Lipinski definition) is 7. The largest absolute Gasteiger partial charge is 0.497 e. The molecule has 8 nitrogen and oxygen atoms in total. The maximum Gasteiger partial charge on any atom is 0.257 e. The summed E-state index contributed by atoms with van der Waals surface area (Å²) >= 11 is 1.30. The molecule has 1 N–H and O–H groups in total. The topological polar surface area (TPSA) is 91.8 Å². The number of ketones is 1. The van der Waals surface area contributed by atoms with Crippen LogP contribution in [-0.2, 0) is 11.2 Å². The molecule has 3 aromatic rings. The van der Waals surface area contributed by atoms with Gasteiger partial charge in [-0.3, -0.25) is 19.7 Å². The van der Waals surface area contributed by atoms with Crippen molar-refractivity contribution in [2.24, 2.45) is 0 Å². The summed E-state index contributed by atoms with van der Waals surface area (Å²) in [6, 6.07) is 14.4. The number of Topliss-reactive ketones (excluding diaryl/α,β-unsaturated/α-hetero) is 1. The number of thiazole rings is 1. The van der Waals surface area contributed by atoms with E-state index in [0.717, 1.165) is 18.8 Å². The van der Waals surface area contributed by atoms with Gasteiger partial charge in [-0.05, 0) is 55.5 Å². The number of amides is 2. The summed E-state index contributed by atoms with van der Waals surface area (Å²) in [6.45, 7) is 4.26. The van der Waals surface area contributed by atoms with Gasteiger partial charge in [0.15, 0.2) is 10.9 Å². The van der Waals surface area contributed by atoms with Crippen molar-refractivity contribution in [2.45, 2.75) is 13.3 Å². The van der Waals surface area contributed by atoms with Crippen molar-refractivity contribution < 1.29 is 19.1 Å². The Labute approximate surface area is 202 Å². The van der Waals surface area contributed by atoms with Crippen molar-refractivity contribution in [1.82, 2.24) is 9.88 Å². The Balaban J connectivity index is 1.27. The first-order valence-corrected chi connectivity index (χ1v) is 11.8. The molecule has 1 saturated heterocycles. The van der Waals surface area contributed by atoms with Crippen molar-refractivity contribution in [3.8, 4) is 5.75 Å². The smallest absolute Gasteiger partial charge is 0.257 e. The van der Waals surface area contributed by atoms with E-state index in [2.05, 4.69) is 15.2 Å². The van der Waals surface area contributed by atoms with Crippen LogP contribution in [0.5, 0.6) is 5.75 Å². The molecular formula is C25H26N4O4S. The van der Waals surface area contributed by atoms with Crippen molar-refractivity contribution >= 4 is 39.8 Å². The number of anilines is 2. The fourth-order valence-electron chi connectivity index (χ4n) is 3.75. The number of ether oxygens (including phenoxy) is 1. The third-order valence-electron chi connectivity index (χ3n) is 5.73. The average molecular weight is 479 g/mol. The minimum atomic E-state index is -0.262. The second kappa shape index (κ2) is 10.5. The maximum absolute atomic E-state index is 12.8. The highest BCUT2D eigenvalue weighted by Crippen LogP contribution is 2.20. The molecule has 1 aliphatic rings. The molecule has 0 spiro atoms. The van der Waals surface area contributed by atoms with Gasteiger partial charge >= 0.3 is 0 Å². The fraction of sp³-hybridized carbons (Fsp3) is 0.280. The number of carbonyl (C=O) groups excluding carboxylic acids is 3. The predicted octanol–water partition coefficient (Wildman–Crippen LogP) is 3.50. The normalized spacial score (nSPS) is 13.5. The van der Waals surface area contributed by atoms with Crippen LogP contribution in [0.25, 0.3) is 0 Å². The summed E-state index contributed by atoms with van der Waals surface area (Å²) in [5, 5.41) is 5.04. The molecule has 1 aromatic heterocycles. The van der Waals surface area contributed by atoms with Crippen molar-refractivity contribution in [3.05, 3.63) is 70.7 Å². The molecule has 2 aromatic carbocycles. The molecule has 0 aliphatic carbocycles. The first-order chi connectivity index (χ1) is 16.4. The zero-order valence-corrected chi connectivity index (χ0v) is 19.9. The standard InChI is InChI=1S/C25H26N4O4S/c1-17(30)18-3-7-21(8-4-18)28-11-13-29(14-12-28)23(31)15-20-16-34-25(26-20)27-24(32)19-5-9-22(33-2)10-6-19/h3-10,16H,11-15H2,1-2H3,(H,26,27,32). The van der Waals surface area contributed by atoms with Gasteiger partial charge in [0, 0.05) is 48.4 Å². The summed E-state index contributed by atoms with van der Waals surface area (Å²) in [5.74, 6) is 0.484. The molecular weight excluding hydrogens is 452 g/mol. The van der Waals surface area contributed by atoms with Crippen molar-refractivity contribution in [1.29, 1.82) is 0 Å². The van der Waals surface area contributed by atoms with Gasteiger partial charge in [-0.2, -0.15) is 0 Å². The highest BCUT2D eigenvalue weighted by molar-refractivity contribution is 7.14. The summed E-state index contributed by atoms with van der Waals surface area (Å²) < 4.78 is 5.11. The first-order valence-electron chi connectivity index (χ1n) is 11.0. The lowest BCUT2D eigenvalue weighted by atomic mass is 10.1. The summed E-state index contributed by atoms with van der Waals surface area (Å²) in [4.78, 5) is 45.1. The molecule has 1 fully saturated rings. The molecule has 0 bridgehead atoms. The molecule has 9 heteroatoms. The third kappa shape index (κ3) is 5.60. The molecule has 34 heavy (non-hydrogen) atoms. The van der Waals surface area contributed by atoms with Gasteiger partial charge in [-0.15, -0.1) is 11.3 Å². The minimum Gasteiger partial charge on any atom is -0.497 e. The van der Waals surface area contributed by atoms with E-state index in [1.54, 1.807) is 43.7 Å². The van der Waals surface area contributed by atoms with E-state index in [4.69, 9.17) is 4.74 Å². The van der Waals surface area contributed by atoms with Crippen LogP contribution in [0.2, 0.25) is 0 Å². The lowest BCUT2D eigenvalue weighted by molar-refractivity contribution is -0.130. The lowest BCUT2D eigenvalue weighted by Gasteiger charge is -2.36. The number of carbonyl (C=O) groups is 3. The van der Waals surface area contributed by atoms with Crippen LogP contribution in [0, 0.1) is 0 Å². The third-order valence-corrected chi connectivity index (χ3v) is 6.53. The number of nitrogens with one attached hydrogen (secondary N) is 1. The summed E-state index contributed by atoms with van der Waals surface area (Å²) in [6.07, 6.45) is 0.197. The Morgan fingerprint density at radius 2 is 1.62 bits per heavy atom. The van der Waals surface area contributed by atoms with Gasteiger partial charge < -0.3 is 14.5 Å². The van der Waals surface area contributed by atoms with Crippen molar-refractivity contribution in [3.63, 3.8) is 0 Å². The number of rotatable bonds is 7. The quantitative estimate of drug-likeness (QED) is 0.523. The molecule has 1 aliphatic heterocycles. The number of piperazine rings is 1. The van der Waals surface area contributed by atoms with E-state index in [0.29, 0.717) is 40.8 Å². The second-order valence-corrected chi connectivity index (χ2v) is 8.83. The SMILES string of the molecule is COc1ccc(C(=O)Nc2nc(CC(=O)N3CCN(c4ccc(C(C)=O)cc4)CC3)cs2)cc1. The van der Waals surface area contributed by atoms with Gasteiger partial charge in [0.1, 0.15) is 5.75 Å². The van der Waals surface area contributed by atoms with E-state index in [-0.39, 0.29) is 24.0 Å². The fourth-order valence-corrected chi connectivity index (χ4v) is 4.45. The molecule has 4 rings (SSSR count). The number of methoxy groups -OCH3 is 1. The highest BCUT2D eigenvalue weighted by atomic mass is 32.1. The minimum absolute atomic E-state index is 0.0184. The first kappa shape index (κ1) is 23.4. The molecule has 0 atom stereocenters. The van der Waals surface area contributed by atoms with E-state index >= 15 is 0 Å². The molecule has 0 radical (unpaired) electrons. The average Bonchev–Trinajstić information content (AvgIpc) is 3.30. The summed E-state index contributed by atoms with van der Waals surface area (Å²) in [7, 11) is 1.57. The van der Waals surface area contributed by atoms with Gasteiger partial charge in [-0.25, -0.2) is 4.98 Å². The Bertz CT molecular complexity index is 1170. The Kier molecular flexibility index (Phi) is 7.22. The molecule has 176 valence electrons. The summed E-state index contributed by atoms with van der Waals surface area (Å²) in [5.41, 5.74) is 2.89. The maximum atomic E-state index is 12.8. The van der Waals surface area contributed by atoms with Crippen LogP contribution in [0.15, 0.2) is 53.9 Å². The molecule has 2 heterocycles. The number of hydrogen-bond donors (Lipinski definition) is 1. The number of nitrogens with zero attached hydrogens (tertiary/aromatic N) is 3. The van der Waals surface area contributed by atoms with Gasteiger partial charge in [0.25, 0.3) is 5.91 Å². The van der Waals surface area contributed by atoms with Crippen LogP contribution >= 0.6 is 11.3 Å². The highest BCUT2D eigenvalue weighted by Gasteiger charge is 2.22. The van der Waals surface area contributed by atoms with E-state index in [1.807, 2.05) is 29.2 Å². The van der Waals surface area contributed by atoms with Crippen molar-refractivity contribution in [2.75, 3.05) is 43.5 Å². The monoisotopic (exact) mass is 478 g/mol. The Hall–Kier alpha value is -3.72.